The number of carbonyl (C=O) groups excluding carboxylic acids is 1. The van der Waals surface area contributed by atoms with E-state index in [0.717, 1.165) is 25.0 Å². The van der Waals surface area contributed by atoms with E-state index in [1.807, 2.05) is 29.3 Å². The minimum atomic E-state index is 0. The number of halogens is 1. The van der Waals surface area contributed by atoms with E-state index in [2.05, 4.69) is 10.4 Å². The molecule has 4 rings (SSSR count). The average molecular weight is 307 g/mol. The Morgan fingerprint density at radius 2 is 2.10 bits per heavy atom. The standard InChI is InChI=1S/C15H18N4O.ClH/c20-15(13-9-16-19-7-2-1-3-14(13)19)18-8-6-11-4-5-12(10-18)17-11;/h1-3,7,9,11-12,17H,4-6,8,10H2;1H. The summed E-state index contributed by atoms with van der Waals surface area (Å²) < 4.78 is 1.76. The van der Waals surface area contributed by atoms with E-state index in [-0.39, 0.29) is 18.3 Å². The van der Waals surface area contributed by atoms with Crippen LogP contribution < -0.4 is 5.32 Å². The number of aromatic nitrogens is 2. The van der Waals surface area contributed by atoms with Crippen molar-refractivity contribution in [2.24, 2.45) is 0 Å². The van der Waals surface area contributed by atoms with Gasteiger partial charge < -0.3 is 10.2 Å². The third kappa shape index (κ3) is 2.51. The Labute approximate surface area is 129 Å². The Balaban J connectivity index is 0.00000132. The van der Waals surface area contributed by atoms with Gasteiger partial charge in [0.2, 0.25) is 0 Å². The normalized spacial score (nSPS) is 24.7. The summed E-state index contributed by atoms with van der Waals surface area (Å²) in [5.74, 6) is 0.112. The molecule has 6 heteroatoms. The maximum atomic E-state index is 12.7. The third-order valence-electron chi connectivity index (χ3n) is 4.47. The van der Waals surface area contributed by atoms with Crippen molar-refractivity contribution in [3.63, 3.8) is 0 Å². The largest absolute Gasteiger partial charge is 0.337 e. The van der Waals surface area contributed by atoms with E-state index in [9.17, 15) is 4.79 Å². The number of amides is 1. The van der Waals surface area contributed by atoms with Crippen molar-refractivity contribution in [1.82, 2.24) is 19.8 Å². The predicted octanol–water partition coefficient (Wildman–Crippen LogP) is 1.72. The van der Waals surface area contributed by atoms with Gasteiger partial charge in [0, 0.05) is 31.4 Å². The first-order valence-electron chi connectivity index (χ1n) is 7.29. The van der Waals surface area contributed by atoms with Gasteiger partial charge in [0.25, 0.3) is 5.91 Å². The Morgan fingerprint density at radius 3 is 3.00 bits per heavy atom. The van der Waals surface area contributed by atoms with Gasteiger partial charge in [-0.15, -0.1) is 12.4 Å². The maximum absolute atomic E-state index is 12.7. The summed E-state index contributed by atoms with van der Waals surface area (Å²) in [5.41, 5.74) is 1.60. The van der Waals surface area contributed by atoms with Crippen LogP contribution in [-0.4, -0.2) is 45.6 Å². The number of rotatable bonds is 1. The predicted molar refractivity (Wildman–Crippen MR) is 82.9 cm³/mol. The van der Waals surface area contributed by atoms with Gasteiger partial charge in [-0.25, -0.2) is 4.52 Å². The van der Waals surface area contributed by atoms with Crippen LogP contribution in [0.4, 0.5) is 0 Å². The van der Waals surface area contributed by atoms with Crippen molar-refractivity contribution in [2.75, 3.05) is 13.1 Å². The van der Waals surface area contributed by atoms with Crippen LogP contribution in [0.15, 0.2) is 30.6 Å². The molecule has 2 atom stereocenters. The molecule has 1 amide bonds. The van der Waals surface area contributed by atoms with Crippen molar-refractivity contribution < 1.29 is 4.79 Å². The van der Waals surface area contributed by atoms with Gasteiger partial charge in [-0.05, 0) is 31.4 Å². The second kappa shape index (κ2) is 5.66. The Bertz CT molecular complexity index is 656. The summed E-state index contributed by atoms with van der Waals surface area (Å²) in [6, 6.07) is 6.88. The van der Waals surface area contributed by atoms with Crippen LogP contribution in [0, 0.1) is 0 Å². The van der Waals surface area contributed by atoms with Crippen molar-refractivity contribution in [3.05, 3.63) is 36.2 Å². The third-order valence-corrected chi connectivity index (χ3v) is 4.47. The summed E-state index contributed by atoms with van der Waals surface area (Å²) in [5, 5.41) is 7.86. The van der Waals surface area contributed by atoms with E-state index in [0.29, 0.717) is 17.6 Å². The summed E-state index contributed by atoms with van der Waals surface area (Å²) in [6.07, 6.45) is 7.06. The molecule has 2 bridgehead atoms. The lowest BCUT2D eigenvalue weighted by Gasteiger charge is -2.23. The topological polar surface area (TPSA) is 49.6 Å². The van der Waals surface area contributed by atoms with E-state index in [1.54, 1.807) is 10.7 Å². The van der Waals surface area contributed by atoms with Crippen molar-refractivity contribution in [1.29, 1.82) is 0 Å². The van der Waals surface area contributed by atoms with E-state index < -0.39 is 0 Å². The van der Waals surface area contributed by atoms with Gasteiger partial charge in [0.15, 0.2) is 0 Å². The summed E-state index contributed by atoms with van der Waals surface area (Å²) in [7, 11) is 0. The highest BCUT2D eigenvalue weighted by molar-refractivity contribution is 6.00. The summed E-state index contributed by atoms with van der Waals surface area (Å²) in [4.78, 5) is 14.7. The monoisotopic (exact) mass is 306 g/mol. The van der Waals surface area contributed by atoms with Crippen LogP contribution in [0.3, 0.4) is 0 Å². The molecule has 21 heavy (non-hydrogen) atoms. The van der Waals surface area contributed by atoms with Crippen LogP contribution in [-0.2, 0) is 0 Å². The van der Waals surface area contributed by atoms with Gasteiger partial charge in [-0.2, -0.15) is 5.10 Å². The van der Waals surface area contributed by atoms with Crippen molar-refractivity contribution in [2.45, 2.75) is 31.3 Å². The van der Waals surface area contributed by atoms with Gasteiger partial charge in [0.05, 0.1) is 17.3 Å². The van der Waals surface area contributed by atoms with Crippen molar-refractivity contribution in [3.8, 4) is 0 Å². The summed E-state index contributed by atoms with van der Waals surface area (Å²) in [6.45, 7) is 1.66. The smallest absolute Gasteiger partial charge is 0.257 e. The zero-order valence-electron chi connectivity index (χ0n) is 11.7. The molecule has 4 heterocycles. The second-order valence-corrected chi connectivity index (χ2v) is 5.77. The number of likely N-dealkylation sites (tertiary alicyclic amines) is 1. The molecule has 2 aromatic heterocycles. The maximum Gasteiger partial charge on any atom is 0.257 e. The van der Waals surface area contributed by atoms with Crippen LogP contribution in [0.1, 0.15) is 29.6 Å². The van der Waals surface area contributed by atoms with Crippen LogP contribution in [0.5, 0.6) is 0 Å². The van der Waals surface area contributed by atoms with Crippen LogP contribution >= 0.6 is 12.4 Å². The molecule has 0 aromatic carbocycles. The first-order chi connectivity index (χ1) is 9.81. The van der Waals surface area contributed by atoms with E-state index in [4.69, 9.17) is 0 Å². The number of hydrogen-bond acceptors (Lipinski definition) is 3. The van der Waals surface area contributed by atoms with Gasteiger partial charge in [-0.3, -0.25) is 4.79 Å². The molecule has 2 fully saturated rings. The number of nitrogens with zero attached hydrogens (tertiary/aromatic N) is 3. The number of hydrogen-bond donors (Lipinski definition) is 1. The summed E-state index contributed by atoms with van der Waals surface area (Å²) >= 11 is 0. The highest BCUT2D eigenvalue weighted by Gasteiger charge is 2.32. The molecule has 0 aliphatic carbocycles. The quantitative estimate of drug-likeness (QED) is 0.873. The minimum absolute atomic E-state index is 0. The first-order valence-corrected chi connectivity index (χ1v) is 7.29. The number of fused-ring (bicyclic) bond motifs is 3. The first kappa shape index (κ1) is 14.4. The Kier molecular flexibility index (Phi) is 3.87. The van der Waals surface area contributed by atoms with Crippen molar-refractivity contribution >= 4 is 23.8 Å². The Hall–Kier alpha value is -1.59. The Morgan fingerprint density at radius 1 is 1.24 bits per heavy atom. The lowest BCUT2D eigenvalue weighted by Crippen LogP contribution is -2.39. The number of nitrogens with one attached hydrogen (secondary N) is 1. The molecule has 0 radical (unpaired) electrons. The molecule has 5 nitrogen and oxygen atoms in total. The number of carbonyl (C=O) groups is 1. The fourth-order valence-electron chi connectivity index (χ4n) is 3.40. The van der Waals surface area contributed by atoms with Gasteiger partial charge >= 0.3 is 0 Å². The molecule has 0 spiro atoms. The van der Waals surface area contributed by atoms with E-state index >= 15 is 0 Å². The highest BCUT2D eigenvalue weighted by atomic mass is 35.5. The molecule has 2 unspecified atom stereocenters. The second-order valence-electron chi connectivity index (χ2n) is 5.77. The average Bonchev–Trinajstić information content (AvgIpc) is 3.01. The number of pyridine rings is 1. The minimum Gasteiger partial charge on any atom is -0.337 e. The van der Waals surface area contributed by atoms with E-state index in [1.165, 1.54) is 12.8 Å². The van der Waals surface area contributed by atoms with Crippen LogP contribution in [0.25, 0.3) is 5.52 Å². The molecular formula is C15H19ClN4O. The molecule has 2 aromatic rings. The zero-order chi connectivity index (χ0) is 13.5. The molecule has 2 saturated heterocycles. The zero-order valence-corrected chi connectivity index (χ0v) is 12.6. The molecule has 0 saturated carbocycles. The SMILES string of the molecule is Cl.O=C(c1cnn2ccccc12)N1CCC2CCC(C1)N2. The molecular weight excluding hydrogens is 288 g/mol. The molecule has 1 N–H and O–H groups in total. The lowest BCUT2D eigenvalue weighted by molar-refractivity contribution is 0.0750. The molecule has 2 aliphatic rings. The molecule has 112 valence electrons. The fraction of sp³-hybridized carbons (Fsp3) is 0.467. The highest BCUT2D eigenvalue weighted by Crippen LogP contribution is 2.22. The van der Waals surface area contributed by atoms with Crippen LogP contribution in [0.2, 0.25) is 0 Å². The fourth-order valence-corrected chi connectivity index (χ4v) is 3.40. The lowest BCUT2D eigenvalue weighted by atomic mass is 10.1. The molecule has 2 aliphatic heterocycles. The van der Waals surface area contributed by atoms with Gasteiger partial charge in [0.1, 0.15) is 0 Å². The van der Waals surface area contributed by atoms with Gasteiger partial charge in [-0.1, -0.05) is 6.07 Å².